The summed E-state index contributed by atoms with van der Waals surface area (Å²) in [5.41, 5.74) is 1.18. The van der Waals surface area contributed by atoms with Crippen molar-refractivity contribution in [3.05, 3.63) is 18.5 Å². The number of hydrogen-bond donors (Lipinski definition) is 0. The fraction of sp³-hybridized carbons (Fsp3) is 0.667. The van der Waals surface area contributed by atoms with Gasteiger partial charge in [-0.3, -0.25) is 4.90 Å². The van der Waals surface area contributed by atoms with Crippen LogP contribution in [0, 0.1) is 0 Å². The zero-order valence-corrected chi connectivity index (χ0v) is 12.4. The minimum atomic E-state index is 0.218. The van der Waals surface area contributed by atoms with Crippen LogP contribution in [-0.2, 0) is 4.84 Å². The highest BCUT2D eigenvalue weighted by molar-refractivity contribution is 5.85. The molecule has 1 atom stereocenters. The van der Waals surface area contributed by atoms with E-state index < -0.39 is 0 Å². The van der Waals surface area contributed by atoms with E-state index in [0.29, 0.717) is 6.01 Å². The Labute approximate surface area is 125 Å². The second-order valence-electron chi connectivity index (χ2n) is 5.59. The Morgan fingerprint density at radius 3 is 2.71 bits per heavy atom. The molecule has 3 heterocycles. The lowest BCUT2D eigenvalue weighted by Gasteiger charge is -2.32. The quantitative estimate of drug-likeness (QED) is 0.828. The number of oxime groups is 1. The van der Waals surface area contributed by atoms with Crippen molar-refractivity contribution in [3.63, 3.8) is 0 Å². The van der Waals surface area contributed by atoms with Gasteiger partial charge < -0.3 is 9.57 Å². The lowest BCUT2D eigenvalue weighted by atomic mass is 10.1. The molecule has 3 rings (SSSR count). The lowest BCUT2D eigenvalue weighted by Crippen LogP contribution is -2.42. The van der Waals surface area contributed by atoms with Gasteiger partial charge in [0.1, 0.15) is 12.2 Å². The fourth-order valence-electron chi connectivity index (χ4n) is 2.79. The average Bonchev–Trinajstić information content (AvgIpc) is 2.98. The van der Waals surface area contributed by atoms with Crippen molar-refractivity contribution in [2.45, 2.75) is 44.8 Å². The van der Waals surface area contributed by atoms with Gasteiger partial charge in [0.05, 0.1) is 5.71 Å². The van der Waals surface area contributed by atoms with Crippen LogP contribution < -0.4 is 4.74 Å². The first-order valence-electron chi connectivity index (χ1n) is 7.71. The Kier molecular flexibility index (Phi) is 4.65. The molecule has 0 saturated carbocycles. The number of aromatic nitrogens is 2. The summed E-state index contributed by atoms with van der Waals surface area (Å²) >= 11 is 0. The van der Waals surface area contributed by atoms with Crippen LogP contribution in [0.3, 0.4) is 0 Å². The highest BCUT2D eigenvalue weighted by Gasteiger charge is 2.26. The number of hydrogen-bond acceptors (Lipinski definition) is 6. The summed E-state index contributed by atoms with van der Waals surface area (Å²) in [5.74, 6) is 0. The molecule has 6 heteroatoms. The van der Waals surface area contributed by atoms with Gasteiger partial charge in [-0.2, -0.15) is 0 Å². The van der Waals surface area contributed by atoms with Gasteiger partial charge in [-0.15, -0.1) is 0 Å². The first kappa shape index (κ1) is 14.3. The number of rotatable bonds is 5. The number of nitrogens with zero attached hydrogens (tertiary/aromatic N) is 4. The van der Waals surface area contributed by atoms with Crippen molar-refractivity contribution >= 4 is 5.71 Å². The molecule has 0 radical (unpaired) electrons. The molecule has 114 valence electrons. The van der Waals surface area contributed by atoms with Crippen molar-refractivity contribution in [1.82, 2.24) is 14.9 Å². The molecule has 1 aromatic rings. The van der Waals surface area contributed by atoms with Gasteiger partial charge in [-0.1, -0.05) is 12.1 Å². The number of likely N-dealkylation sites (tertiary alicyclic amines) is 1. The molecule has 2 aliphatic rings. The average molecular weight is 290 g/mol. The lowest BCUT2D eigenvalue weighted by molar-refractivity contribution is 0.0290. The molecule has 21 heavy (non-hydrogen) atoms. The Bertz CT molecular complexity index is 472. The highest BCUT2D eigenvalue weighted by atomic mass is 16.6. The number of piperidine rings is 1. The van der Waals surface area contributed by atoms with Crippen LogP contribution in [0.15, 0.2) is 23.6 Å². The van der Waals surface area contributed by atoms with Crippen molar-refractivity contribution < 1.29 is 9.57 Å². The van der Waals surface area contributed by atoms with Crippen molar-refractivity contribution in [3.8, 4) is 6.01 Å². The van der Waals surface area contributed by atoms with Gasteiger partial charge in [-0.05, 0) is 25.3 Å². The Hall–Kier alpha value is -1.69. The Balaban J connectivity index is 1.39. The SMILES string of the molecule is CCC1=NO[C@@H](CN2CCC(Oc3ncccn3)CC2)C1. The summed E-state index contributed by atoms with van der Waals surface area (Å²) in [6.45, 7) is 5.14. The van der Waals surface area contributed by atoms with E-state index in [9.17, 15) is 0 Å². The molecular formula is C15H22N4O2. The second-order valence-corrected chi connectivity index (χ2v) is 5.59. The fourth-order valence-corrected chi connectivity index (χ4v) is 2.79. The molecule has 1 saturated heterocycles. The first-order chi connectivity index (χ1) is 10.3. The topological polar surface area (TPSA) is 59.8 Å². The summed E-state index contributed by atoms with van der Waals surface area (Å²) in [6, 6.07) is 2.28. The van der Waals surface area contributed by atoms with Gasteiger partial charge in [0.2, 0.25) is 0 Å². The maximum absolute atomic E-state index is 5.81. The van der Waals surface area contributed by atoms with Crippen LogP contribution in [0.25, 0.3) is 0 Å². The van der Waals surface area contributed by atoms with E-state index in [4.69, 9.17) is 9.57 Å². The van der Waals surface area contributed by atoms with Gasteiger partial charge in [0, 0.05) is 38.4 Å². The third kappa shape index (κ3) is 3.91. The van der Waals surface area contributed by atoms with Crippen LogP contribution in [0.1, 0.15) is 32.6 Å². The van der Waals surface area contributed by atoms with Crippen LogP contribution in [0.5, 0.6) is 6.01 Å². The van der Waals surface area contributed by atoms with Crippen LogP contribution in [0.2, 0.25) is 0 Å². The molecule has 1 fully saturated rings. The van der Waals surface area contributed by atoms with E-state index >= 15 is 0 Å². The van der Waals surface area contributed by atoms with Gasteiger partial charge in [0.25, 0.3) is 0 Å². The molecule has 0 unspecified atom stereocenters. The highest BCUT2D eigenvalue weighted by Crippen LogP contribution is 2.19. The largest absolute Gasteiger partial charge is 0.460 e. The van der Waals surface area contributed by atoms with Gasteiger partial charge in [-0.25, -0.2) is 9.97 Å². The van der Waals surface area contributed by atoms with E-state index in [1.807, 2.05) is 0 Å². The third-order valence-electron chi connectivity index (χ3n) is 4.01. The molecule has 6 nitrogen and oxygen atoms in total. The van der Waals surface area contributed by atoms with Crippen LogP contribution in [0.4, 0.5) is 0 Å². The first-order valence-corrected chi connectivity index (χ1v) is 7.71. The summed E-state index contributed by atoms with van der Waals surface area (Å²) < 4.78 is 5.81. The molecule has 0 bridgehead atoms. The summed E-state index contributed by atoms with van der Waals surface area (Å²) in [6.07, 6.45) is 7.85. The van der Waals surface area contributed by atoms with Gasteiger partial charge >= 0.3 is 6.01 Å². The normalized spacial score (nSPS) is 23.7. The standard InChI is InChI=1S/C15H22N4O2/c1-2-12-10-14(21-18-12)11-19-8-4-13(5-9-19)20-15-16-6-3-7-17-15/h3,6-7,13-14H,2,4-5,8-11H2,1H3/t14-/m1/s1. The Morgan fingerprint density at radius 2 is 2.05 bits per heavy atom. The smallest absolute Gasteiger partial charge is 0.316 e. The maximum atomic E-state index is 5.81. The van der Waals surface area contributed by atoms with Crippen molar-refractivity contribution in [2.75, 3.05) is 19.6 Å². The molecular weight excluding hydrogens is 268 g/mol. The van der Waals surface area contributed by atoms with E-state index in [2.05, 4.69) is 26.9 Å². The van der Waals surface area contributed by atoms with Gasteiger partial charge in [0.15, 0.2) is 0 Å². The second kappa shape index (κ2) is 6.85. The zero-order chi connectivity index (χ0) is 14.5. The van der Waals surface area contributed by atoms with Crippen LogP contribution in [-0.4, -0.2) is 52.4 Å². The minimum Gasteiger partial charge on any atom is -0.460 e. The molecule has 1 aromatic heterocycles. The predicted octanol–water partition coefficient (Wildman–Crippen LogP) is 1.87. The predicted molar refractivity (Wildman–Crippen MR) is 79.3 cm³/mol. The molecule has 2 aliphatic heterocycles. The molecule has 0 amide bonds. The van der Waals surface area contributed by atoms with E-state index in [0.717, 1.165) is 45.3 Å². The van der Waals surface area contributed by atoms with Crippen molar-refractivity contribution in [1.29, 1.82) is 0 Å². The zero-order valence-electron chi connectivity index (χ0n) is 12.4. The summed E-state index contributed by atoms with van der Waals surface area (Å²) in [5, 5.41) is 4.12. The molecule has 0 spiro atoms. The van der Waals surface area contributed by atoms with Crippen LogP contribution >= 0.6 is 0 Å². The molecule has 0 aromatic carbocycles. The summed E-state index contributed by atoms with van der Waals surface area (Å²) in [4.78, 5) is 16.1. The monoisotopic (exact) mass is 290 g/mol. The molecule has 0 aliphatic carbocycles. The van der Waals surface area contributed by atoms with E-state index in [-0.39, 0.29) is 12.2 Å². The van der Waals surface area contributed by atoms with E-state index in [1.54, 1.807) is 18.5 Å². The maximum Gasteiger partial charge on any atom is 0.316 e. The number of ether oxygens (including phenoxy) is 1. The minimum absolute atomic E-state index is 0.218. The Morgan fingerprint density at radius 1 is 1.29 bits per heavy atom. The van der Waals surface area contributed by atoms with Crippen molar-refractivity contribution in [2.24, 2.45) is 5.16 Å². The van der Waals surface area contributed by atoms with E-state index in [1.165, 1.54) is 5.71 Å². The third-order valence-corrected chi connectivity index (χ3v) is 4.01. The molecule has 0 N–H and O–H groups in total. The summed E-state index contributed by atoms with van der Waals surface area (Å²) in [7, 11) is 0.